The number of thiazole rings is 1. The summed E-state index contributed by atoms with van der Waals surface area (Å²) < 4.78 is 14.2. The average molecular weight is 492 g/mol. The van der Waals surface area contributed by atoms with Crippen LogP contribution in [0.1, 0.15) is 5.69 Å². The molecule has 3 aromatic heterocycles. The molecule has 0 bridgehead atoms. The van der Waals surface area contributed by atoms with Crippen molar-refractivity contribution < 1.29 is 9.47 Å². The fraction of sp³-hybridized carbons (Fsp3) is 0.167. The Balaban J connectivity index is 1.46. The summed E-state index contributed by atoms with van der Waals surface area (Å²) in [7, 11) is 3.23. The molecule has 0 aliphatic heterocycles. The summed E-state index contributed by atoms with van der Waals surface area (Å²) in [6.07, 6.45) is 1.68. The molecule has 5 aromatic rings. The van der Waals surface area contributed by atoms with E-state index in [1.165, 1.54) is 11.8 Å². The normalized spacial score (nSPS) is 11.2. The van der Waals surface area contributed by atoms with Gasteiger partial charge in [-0.05, 0) is 30.3 Å². The zero-order valence-corrected chi connectivity index (χ0v) is 20.2. The molecule has 0 amide bonds. The van der Waals surface area contributed by atoms with Gasteiger partial charge in [-0.3, -0.25) is 13.8 Å². The number of allylic oxidation sites excluding steroid dienone is 1. The van der Waals surface area contributed by atoms with Gasteiger partial charge >= 0.3 is 0 Å². The lowest BCUT2D eigenvalue weighted by atomic mass is 10.2. The Morgan fingerprint density at radius 1 is 1.12 bits per heavy atom. The molecular formula is C24H21N5O3S2. The third kappa shape index (κ3) is 3.84. The van der Waals surface area contributed by atoms with Gasteiger partial charge in [-0.2, -0.15) is 0 Å². The number of nitrogens with zero attached hydrogens (tertiary/aromatic N) is 5. The number of hydrogen-bond acceptors (Lipinski definition) is 8. The standard InChI is InChI=1S/C24H21N5O3S2/c1-4-11-28-22(30)17-7-5-6-8-18(17)29-23(28)26-27-24(29)34-14-16-13-33-21(25-16)15-9-10-19(31-2)20(12-15)32-3/h4-10,12-13H,1,11,14H2,2-3H3. The third-order valence-electron chi connectivity index (χ3n) is 5.32. The first-order chi connectivity index (χ1) is 16.6. The molecule has 0 N–H and O–H groups in total. The van der Waals surface area contributed by atoms with E-state index in [-0.39, 0.29) is 5.56 Å². The smallest absolute Gasteiger partial charge is 0.263 e. The summed E-state index contributed by atoms with van der Waals surface area (Å²) in [5, 5.41) is 12.9. The van der Waals surface area contributed by atoms with Crippen molar-refractivity contribution in [3.63, 3.8) is 0 Å². The van der Waals surface area contributed by atoms with Crippen LogP contribution in [0.25, 0.3) is 27.3 Å². The van der Waals surface area contributed by atoms with E-state index in [4.69, 9.17) is 14.5 Å². The molecule has 3 heterocycles. The summed E-state index contributed by atoms with van der Waals surface area (Å²) in [6, 6.07) is 13.3. The second kappa shape index (κ2) is 9.32. The number of para-hydroxylation sites is 1. The van der Waals surface area contributed by atoms with Gasteiger partial charge < -0.3 is 9.47 Å². The summed E-state index contributed by atoms with van der Waals surface area (Å²) in [4.78, 5) is 17.7. The van der Waals surface area contributed by atoms with Crippen molar-refractivity contribution in [1.82, 2.24) is 24.1 Å². The van der Waals surface area contributed by atoms with Crippen molar-refractivity contribution in [3.8, 4) is 22.1 Å². The topological polar surface area (TPSA) is 83.5 Å². The van der Waals surface area contributed by atoms with E-state index in [1.54, 1.807) is 36.2 Å². The van der Waals surface area contributed by atoms with Crippen molar-refractivity contribution in [1.29, 1.82) is 0 Å². The van der Waals surface area contributed by atoms with Crippen LogP contribution in [-0.4, -0.2) is 38.4 Å². The highest BCUT2D eigenvalue weighted by Crippen LogP contribution is 2.34. The molecule has 34 heavy (non-hydrogen) atoms. The summed E-state index contributed by atoms with van der Waals surface area (Å²) in [5.41, 5.74) is 2.57. The van der Waals surface area contributed by atoms with E-state index < -0.39 is 0 Å². The SMILES string of the molecule is C=CCn1c(=O)c2ccccc2n2c(SCc3csc(-c4ccc(OC)c(OC)c4)n3)nnc12. The maximum atomic E-state index is 12.9. The van der Waals surface area contributed by atoms with E-state index in [1.807, 2.05) is 52.2 Å². The Labute approximate surface area is 203 Å². The molecule has 2 aromatic carbocycles. The van der Waals surface area contributed by atoms with Crippen molar-refractivity contribution in [3.05, 3.63) is 76.5 Å². The maximum Gasteiger partial charge on any atom is 0.263 e. The van der Waals surface area contributed by atoms with Gasteiger partial charge in [0.25, 0.3) is 5.56 Å². The minimum Gasteiger partial charge on any atom is -0.493 e. The second-order valence-electron chi connectivity index (χ2n) is 7.34. The lowest BCUT2D eigenvalue weighted by Gasteiger charge is -2.09. The van der Waals surface area contributed by atoms with Gasteiger partial charge in [-0.1, -0.05) is 30.0 Å². The quantitative estimate of drug-likeness (QED) is 0.231. The first-order valence-electron chi connectivity index (χ1n) is 10.4. The van der Waals surface area contributed by atoms with Gasteiger partial charge in [0.15, 0.2) is 16.7 Å². The van der Waals surface area contributed by atoms with Crippen LogP contribution in [0, 0.1) is 0 Å². The van der Waals surface area contributed by atoms with Gasteiger partial charge in [0, 0.05) is 23.2 Å². The van der Waals surface area contributed by atoms with Gasteiger partial charge in [0.2, 0.25) is 5.78 Å². The highest BCUT2D eigenvalue weighted by molar-refractivity contribution is 7.98. The molecule has 8 nitrogen and oxygen atoms in total. The molecule has 0 unspecified atom stereocenters. The maximum absolute atomic E-state index is 12.9. The van der Waals surface area contributed by atoms with Crippen molar-refractivity contribution in [2.24, 2.45) is 0 Å². The molecule has 0 fully saturated rings. The average Bonchev–Trinajstić information content (AvgIpc) is 3.52. The molecule has 172 valence electrons. The zero-order chi connectivity index (χ0) is 23.7. The first-order valence-corrected chi connectivity index (χ1v) is 12.3. The predicted octanol–water partition coefficient (Wildman–Crippen LogP) is 4.66. The minimum absolute atomic E-state index is 0.106. The minimum atomic E-state index is -0.106. The number of methoxy groups -OCH3 is 2. The zero-order valence-electron chi connectivity index (χ0n) is 18.6. The molecule has 0 aliphatic carbocycles. The van der Waals surface area contributed by atoms with Crippen LogP contribution in [0.2, 0.25) is 0 Å². The van der Waals surface area contributed by atoms with Crippen molar-refractivity contribution in [2.45, 2.75) is 17.5 Å². The first kappa shape index (κ1) is 22.2. The molecule has 10 heteroatoms. The van der Waals surface area contributed by atoms with Crippen LogP contribution in [0.15, 0.2) is 70.5 Å². The van der Waals surface area contributed by atoms with Gasteiger partial charge in [0.1, 0.15) is 5.01 Å². The van der Waals surface area contributed by atoms with Crippen LogP contribution in [0.5, 0.6) is 11.5 Å². The number of aromatic nitrogens is 5. The molecule has 0 atom stereocenters. The van der Waals surface area contributed by atoms with E-state index in [0.717, 1.165) is 21.8 Å². The van der Waals surface area contributed by atoms with E-state index in [0.29, 0.717) is 40.1 Å². The summed E-state index contributed by atoms with van der Waals surface area (Å²) in [5.74, 6) is 2.45. The highest BCUT2D eigenvalue weighted by atomic mass is 32.2. The van der Waals surface area contributed by atoms with Crippen molar-refractivity contribution in [2.75, 3.05) is 14.2 Å². The van der Waals surface area contributed by atoms with E-state index >= 15 is 0 Å². The Kier molecular flexibility index (Phi) is 6.08. The van der Waals surface area contributed by atoms with Gasteiger partial charge in [-0.25, -0.2) is 4.98 Å². The molecular weight excluding hydrogens is 470 g/mol. The monoisotopic (exact) mass is 491 g/mol. The molecule has 0 spiro atoms. The molecule has 5 rings (SSSR count). The Bertz CT molecular complexity index is 1570. The fourth-order valence-electron chi connectivity index (χ4n) is 3.73. The van der Waals surface area contributed by atoms with Crippen LogP contribution < -0.4 is 15.0 Å². The Morgan fingerprint density at radius 3 is 2.74 bits per heavy atom. The highest BCUT2D eigenvalue weighted by Gasteiger charge is 2.17. The summed E-state index contributed by atoms with van der Waals surface area (Å²) >= 11 is 3.10. The van der Waals surface area contributed by atoms with Crippen molar-refractivity contribution >= 4 is 39.8 Å². The number of fused-ring (bicyclic) bond motifs is 3. The number of hydrogen-bond donors (Lipinski definition) is 0. The second-order valence-corrected chi connectivity index (χ2v) is 9.14. The third-order valence-corrected chi connectivity index (χ3v) is 7.22. The van der Waals surface area contributed by atoms with Gasteiger partial charge in [0.05, 0.1) is 30.8 Å². The van der Waals surface area contributed by atoms with Crippen LogP contribution in [-0.2, 0) is 12.3 Å². The molecule has 0 radical (unpaired) electrons. The number of ether oxygens (including phenoxy) is 2. The molecule has 0 saturated heterocycles. The Morgan fingerprint density at radius 2 is 1.94 bits per heavy atom. The molecule has 0 saturated carbocycles. The number of benzene rings is 2. The van der Waals surface area contributed by atoms with Crippen LogP contribution >= 0.6 is 23.1 Å². The number of thioether (sulfide) groups is 1. The van der Waals surface area contributed by atoms with E-state index in [9.17, 15) is 4.79 Å². The van der Waals surface area contributed by atoms with Gasteiger partial charge in [-0.15, -0.1) is 28.1 Å². The lowest BCUT2D eigenvalue weighted by molar-refractivity contribution is 0.355. The molecule has 0 aliphatic rings. The van der Waals surface area contributed by atoms with Crippen LogP contribution in [0.3, 0.4) is 0 Å². The Hall–Kier alpha value is -3.63. The predicted molar refractivity (Wildman–Crippen MR) is 135 cm³/mol. The van der Waals surface area contributed by atoms with Crippen LogP contribution in [0.4, 0.5) is 0 Å². The summed E-state index contributed by atoms with van der Waals surface area (Å²) in [6.45, 7) is 4.13. The fourth-order valence-corrected chi connectivity index (χ4v) is 5.49. The van der Waals surface area contributed by atoms with E-state index in [2.05, 4.69) is 16.8 Å². The largest absolute Gasteiger partial charge is 0.493 e. The lowest BCUT2D eigenvalue weighted by Crippen LogP contribution is -2.22. The number of rotatable bonds is 8.